The van der Waals surface area contributed by atoms with E-state index in [1.807, 2.05) is 13.0 Å². The Bertz CT molecular complexity index is 664. The maximum atomic E-state index is 11.3. The molecule has 0 saturated heterocycles. The van der Waals surface area contributed by atoms with Crippen molar-refractivity contribution < 1.29 is 5.11 Å². The summed E-state index contributed by atoms with van der Waals surface area (Å²) in [6.07, 6.45) is 2.64. The van der Waals surface area contributed by atoms with E-state index in [0.717, 1.165) is 5.56 Å². The third-order valence-electron chi connectivity index (χ3n) is 2.75. The molecule has 2 rings (SSSR count). The van der Waals surface area contributed by atoms with E-state index in [4.69, 9.17) is 5.26 Å². The minimum absolute atomic E-state index is 0.242. The molecule has 100 valence electrons. The molecule has 0 aliphatic carbocycles. The number of aromatic amines is 1. The molecule has 0 fully saturated rings. The minimum Gasteiger partial charge on any atom is -0.506 e. The standard InChI is InChI=1S/C11H8N2O2.C4H10/c1-6-2-3-9-7(4-6)10(14)8(5-12)11(15)13-9;1-3-4-2/h2-4H,1H3,(H2,13,14,15);3-4H2,1-2H3. The summed E-state index contributed by atoms with van der Waals surface area (Å²) in [4.78, 5) is 13.9. The van der Waals surface area contributed by atoms with Gasteiger partial charge in [-0.25, -0.2) is 0 Å². The van der Waals surface area contributed by atoms with Crippen LogP contribution in [0.3, 0.4) is 0 Å². The first kappa shape index (κ1) is 14.8. The second-order valence-electron chi connectivity index (χ2n) is 4.34. The predicted molar refractivity (Wildman–Crippen MR) is 76.3 cm³/mol. The number of nitriles is 1. The van der Waals surface area contributed by atoms with Crippen LogP contribution in [-0.2, 0) is 0 Å². The van der Waals surface area contributed by atoms with Crippen molar-refractivity contribution in [3.63, 3.8) is 0 Å². The molecule has 1 aromatic heterocycles. The van der Waals surface area contributed by atoms with Crippen molar-refractivity contribution in [3.8, 4) is 11.8 Å². The molecular formula is C15H18N2O2. The number of H-pyrrole nitrogens is 1. The van der Waals surface area contributed by atoms with Gasteiger partial charge in [0, 0.05) is 5.39 Å². The average molecular weight is 258 g/mol. The second-order valence-corrected chi connectivity index (χ2v) is 4.34. The zero-order valence-corrected chi connectivity index (χ0v) is 11.4. The number of fused-ring (bicyclic) bond motifs is 1. The predicted octanol–water partition coefficient (Wildman–Crippen LogP) is 3.22. The highest BCUT2D eigenvalue weighted by Crippen LogP contribution is 2.24. The van der Waals surface area contributed by atoms with E-state index < -0.39 is 5.56 Å². The number of aromatic hydroxyl groups is 1. The summed E-state index contributed by atoms with van der Waals surface area (Å²) in [5, 5.41) is 18.9. The summed E-state index contributed by atoms with van der Waals surface area (Å²) < 4.78 is 0. The molecule has 0 amide bonds. The van der Waals surface area contributed by atoms with Gasteiger partial charge in [0.15, 0.2) is 5.56 Å². The van der Waals surface area contributed by atoms with E-state index in [0.29, 0.717) is 10.9 Å². The van der Waals surface area contributed by atoms with Crippen LogP contribution in [-0.4, -0.2) is 10.1 Å². The van der Waals surface area contributed by atoms with Crippen LogP contribution in [0.25, 0.3) is 10.9 Å². The summed E-state index contributed by atoms with van der Waals surface area (Å²) in [6, 6.07) is 6.93. The van der Waals surface area contributed by atoms with Crippen LogP contribution in [0.5, 0.6) is 5.75 Å². The first-order chi connectivity index (χ1) is 9.04. The Morgan fingerprint density at radius 1 is 1.32 bits per heavy atom. The van der Waals surface area contributed by atoms with Gasteiger partial charge in [0.25, 0.3) is 5.56 Å². The van der Waals surface area contributed by atoms with Crippen molar-refractivity contribution in [2.24, 2.45) is 0 Å². The molecule has 0 unspecified atom stereocenters. The fourth-order valence-electron chi connectivity index (χ4n) is 1.49. The lowest BCUT2D eigenvalue weighted by Crippen LogP contribution is -2.10. The lowest BCUT2D eigenvalue weighted by molar-refractivity contribution is 0.478. The molecular weight excluding hydrogens is 240 g/mol. The van der Waals surface area contributed by atoms with Crippen LogP contribution < -0.4 is 5.56 Å². The number of pyridine rings is 1. The number of benzene rings is 1. The molecule has 2 N–H and O–H groups in total. The third-order valence-corrected chi connectivity index (χ3v) is 2.75. The Morgan fingerprint density at radius 2 is 1.95 bits per heavy atom. The fourth-order valence-corrected chi connectivity index (χ4v) is 1.49. The van der Waals surface area contributed by atoms with Gasteiger partial charge in [0.1, 0.15) is 11.8 Å². The topological polar surface area (TPSA) is 76.9 Å². The van der Waals surface area contributed by atoms with Crippen molar-refractivity contribution in [2.75, 3.05) is 0 Å². The first-order valence-electron chi connectivity index (χ1n) is 6.30. The molecule has 0 spiro atoms. The van der Waals surface area contributed by atoms with Gasteiger partial charge in [0.05, 0.1) is 5.52 Å². The first-order valence-corrected chi connectivity index (χ1v) is 6.30. The molecule has 0 radical (unpaired) electrons. The molecule has 0 aliphatic heterocycles. The van der Waals surface area contributed by atoms with Gasteiger partial charge in [-0.2, -0.15) is 5.26 Å². The lowest BCUT2D eigenvalue weighted by Gasteiger charge is -2.03. The molecule has 0 aliphatic rings. The Hall–Kier alpha value is -2.28. The molecule has 1 heterocycles. The van der Waals surface area contributed by atoms with E-state index in [2.05, 4.69) is 18.8 Å². The zero-order valence-electron chi connectivity index (χ0n) is 11.4. The highest BCUT2D eigenvalue weighted by Gasteiger charge is 2.10. The van der Waals surface area contributed by atoms with E-state index in [1.165, 1.54) is 12.8 Å². The molecule has 2 aromatic rings. The summed E-state index contributed by atoms with van der Waals surface area (Å²) in [5.74, 6) is -0.250. The van der Waals surface area contributed by atoms with Gasteiger partial charge in [-0.1, -0.05) is 38.3 Å². The van der Waals surface area contributed by atoms with E-state index in [-0.39, 0.29) is 11.3 Å². The number of unbranched alkanes of at least 4 members (excludes halogenated alkanes) is 1. The van der Waals surface area contributed by atoms with Crippen LogP contribution in [0.2, 0.25) is 0 Å². The lowest BCUT2D eigenvalue weighted by atomic mass is 10.1. The maximum Gasteiger partial charge on any atom is 0.270 e. The van der Waals surface area contributed by atoms with Crippen molar-refractivity contribution >= 4 is 10.9 Å². The number of aryl methyl sites for hydroxylation is 1. The fraction of sp³-hybridized carbons (Fsp3) is 0.333. The summed E-state index contributed by atoms with van der Waals surface area (Å²) in [5.41, 5.74) is 0.676. The molecule has 0 saturated carbocycles. The van der Waals surface area contributed by atoms with Crippen LogP contribution in [0, 0.1) is 18.3 Å². The number of nitrogens with zero attached hydrogens (tertiary/aromatic N) is 1. The van der Waals surface area contributed by atoms with Gasteiger partial charge in [-0.15, -0.1) is 0 Å². The van der Waals surface area contributed by atoms with Gasteiger partial charge >= 0.3 is 0 Å². The quantitative estimate of drug-likeness (QED) is 0.824. The van der Waals surface area contributed by atoms with Crippen LogP contribution in [0.4, 0.5) is 0 Å². The van der Waals surface area contributed by atoms with Crippen molar-refractivity contribution in [1.29, 1.82) is 5.26 Å². The van der Waals surface area contributed by atoms with Crippen molar-refractivity contribution in [1.82, 2.24) is 4.98 Å². The van der Waals surface area contributed by atoms with Gasteiger partial charge < -0.3 is 10.1 Å². The van der Waals surface area contributed by atoms with E-state index in [1.54, 1.807) is 18.2 Å². The largest absolute Gasteiger partial charge is 0.506 e. The second kappa shape index (κ2) is 6.60. The minimum atomic E-state index is -0.564. The Balaban J connectivity index is 0.000000399. The van der Waals surface area contributed by atoms with E-state index >= 15 is 0 Å². The maximum absolute atomic E-state index is 11.3. The smallest absolute Gasteiger partial charge is 0.270 e. The summed E-state index contributed by atoms with van der Waals surface area (Å²) in [6.45, 7) is 6.23. The monoisotopic (exact) mass is 258 g/mol. The number of hydrogen-bond acceptors (Lipinski definition) is 3. The van der Waals surface area contributed by atoms with Crippen molar-refractivity contribution in [2.45, 2.75) is 33.6 Å². The molecule has 4 heteroatoms. The highest BCUT2D eigenvalue weighted by atomic mass is 16.3. The molecule has 0 bridgehead atoms. The normalized spacial score (nSPS) is 9.58. The SMILES string of the molecule is CCCC.Cc1ccc2[nH]c(=O)c(C#N)c(O)c2c1. The zero-order chi connectivity index (χ0) is 14.4. The number of hydrogen-bond donors (Lipinski definition) is 2. The van der Waals surface area contributed by atoms with E-state index in [9.17, 15) is 9.90 Å². The number of nitrogens with one attached hydrogen (secondary N) is 1. The third kappa shape index (κ3) is 3.35. The molecule has 0 atom stereocenters. The van der Waals surface area contributed by atoms with Crippen molar-refractivity contribution in [3.05, 3.63) is 39.7 Å². The van der Waals surface area contributed by atoms with Gasteiger partial charge in [-0.3, -0.25) is 4.79 Å². The molecule has 1 aromatic carbocycles. The highest BCUT2D eigenvalue weighted by molar-refractivity contribution is 5.87. The van der Waals surface area contributed by atoms with Crippen LogP contribution >= 0.6 is 0 Å². The Morgan fingerprint density at radius 3 is 2.47 bits per heavy atom. The molecule has 4 nitrogen and oxygen atoms in total. The summed E-state index contributed by atoms with van der Waals surface area (Å²) >= 11 is 0. The van der Waals surface area contributed by atoms with Crippen LogP contribution in [0.15, 0.2) is 23.0 Å². The number of rotatable bonds is 1. The van der Waals surface area contributed by atoms with Gasteiger partial charge in [0.2, 0.25) is 0 Å². The van der Waals surface area contributed by atoms with Gasteiger partial charge in [-0.05, 0) is 19.1 Å². The Kier molecular flexibility index (Phi) is 5.13. The molecule has 19 heavy (non-hydrogen) atoms. The number of aromatic nitrogens is 1. The average Bonchev–Trinajstić information content (AvgIpc) is 2.41. The Labute approximate surface area is 112 Å². The summed E-state index contributed by atoms with van der Waals surface area (Å²) in [7, 11) is 0. The van der Waals surface area contributed by atoms with Crippen LogP contribution in [0.1, 0.15) is 37.8 Å².